The van der Waals surface area contributed by atoms with Crippen molar-refractivity contribution in [2.75, 3.05) is 17.1 Å². The molecular weight excluding hydrogens is 547 g/mol. The van der Waals surface area contributed by atoms with Crippen LogP contribution in [0.4, 0.5) is 10.7 Å². The molecule has 0 radical (unpaired) electrons. The van der Waals surface area contributed by atoms with Crippen molar-refractivity contribution < 1.29 is 24.0 Å². The first-order valence-corrected chi connectivity index (χ1v) is 12.8. The van der Waals surface area contributed by atoms with Crippen molar-refractivity contribution >= 4 is 74.6 Å². The lowest BCUT2D eigenvalue weighted by atomic mass is 9.90. The molecule has 186 valence electrons. The number of halogens is 3. The van der Waals surface area contributed by atoms with E-state index in [0.29, 0.717) is 31.9 Å². The Balaban J connectivity index is 1.63. The van der Waals surface area contributed by atoms with Crippen molar-refractivity contribution in [1.29, 1.82) is 0 Å². The van der Waals surface area contributed by atoms with Crippen LogP contribution in [0.2, 0.25) is 15.1 Å². The molecule has 5 rings (SSSR count). The van der Waals surface area contributed by atoms with E-state index in [0.717, 1.165) is 9.78 Å². The molecule has 0 N–H and O–H groups in total. The van der Waals surface area contributed by atoms with Gasteiger partial charge in [0.05, 0.1) is 24.4 Å². The first kappa shape index (κ1) is 25.0. The number of thiophene rings is 1. The Morgan fingerprint density at radius 2 is 1.67 bits per heavy atom. The van der Waals surface area contributed by atoms with Crippen molar-refractivity contribution in [3.8, 4) is 0 Å². The highest BCUT2D eigenvalue weighted by Gasteiger charge is 2.61. The molecule has 2 aliphatic rings. The van der Waals surface area contributed by atoms with Gasteiger partial charge in [-0.05, 0) is 61.4 Å². The second-order valence-corrected chi connectivity index (χ2v) is 10.9. The molecule has 0 bridgehead atoms. The topological polar surface area (TPSA) is 76.2 Å². The average molecular weight is 566 g/mol. The van der Waals surface area contributed by atoms with Gasteiger partial charge in [-0.1, -0.05) is 40.9 Å². The Kier molecular flexibility index (Phi) is 6.51. The minimum Gasteiger partial charge on any atom is -0.465 e. The third-order valence-electron chi connectivity index (χ3n) is 6.44. The van der Waals surface area contributed by atoms with E-state index in [-0.39, 0.29) is 10.6 Å². The number of amides is 2. The molecular formula is C25H19Cl3N2O5S. The number of methoxy groups -OCH3 is 1. The Morgan fingerprint density at radius 1 is 1.00 bits per heavy atom. The highest BCUT2D eigenvalue weighted by atomic mass is 35.5. The van der Waals surface area contributed by atoms with Crippen molar-refractivity contribution in [3.05, 3.63) is 79.1 Å². The molecule has 0 aliphatic carbocycles. The number of hydroxylamine groups is 1. The summed E-state index contributed by atoms with van der Waals surface area (Å²) in [7, 11) is 1.26. The Hall–Kier alpha value is -2.62. The molecule has 3 aromatic rings. The first-order chi connectivity index (χ1) is 17.1. The number of carbonyl (C=O) groups is 3. The molecule has 0 saturated carbocycles. The van der Waals surface area contributed by atoms with E-state index in [1.54, 1.807) is 49.4 Å². The van der Waals surface area contributed by atoms with Crippen LogP contribution in [-0.4, -0.2) is 31.0 Å². The van der Waals surface area contributed by atoms with Gasteiger partial charge >= 0.3 is 5.97 Å². The van der Waals surface area contributed by atoms with Crippen molar-refractivity contribution in [2.45, 2.75) is 26.0 Å². The molecule has 3 heterocycles. The van der Waals surface area contributed by atoms with Crippen molar-refractivity contribution in [2.24, 2.45) is 5.92 Å². The van der Waals surface area contributed by atoms with E-state index in [2.05, 4.69) is 0 Å². The van der Waals surface area contributed by atoms with Gasteiger partial charge in [-0.2, -0.15) is 0 Å². The largest absolute Gasteiger partial charge is 0.465 e. The molecule has 0 spiro atoms. The molecule has 36 heavy (non-hydrogen) atoms. The summed E-state index contributed by atoms with van der Waals surface area (Å²) >= 11 is 19.9. The fourth-order valence-corrected chi connectivity index (χ4v) is 6.39. The van der Waals surface area contributed by atoms with E-state index in [1.165, 1.54) is 23.5 Å². The Labute approximate surface area is 226 Å². The fraction of sp³-hybridized carbons (Fsp3) is 0.240. The predicted molar refractivity (Wildman–Crippen MR) is 139 cm³/mol. The second-order valence-electron chi connectivity index (χ2n) is 8.43. The third-order valence-corrected chi connectivity index (χ3v) is 8.44. The summed E-state index contributed by atoms with van der Waals surface area (Å²) in [6.45, 7) is 3.57. The summed E-state index contributed by atoms with van der Waals surface area (Å²) in [5, 5.41) is 3.02. The number of nitrogens with zero attached hydrogens (tertiary/aromatic N) is 2. The number of fused-ring (bicyclic) bond motifs is 1. The van der Waals surface area contributed by atoms with Crippen LogP contribution in [0, 0.1) is 19.8 Å². The van der Waals surface area contributed by atoms with Crippen LogP contribution in [-0.2, 0) is 19.2 Å². The molecule has 2 saturated heterocycles. The van der Waals surface area contributed by atoms with Crippen LogP contribution in [0.5, 0.6) is 0 Å². The van der Waals surface area contributed by atoms with Crippen molar-refractivity contribution in [1.82, 2.24) is 0 Å². The molecule has 2 fully saturated rings. The van der Waals surface area contributed by atoms with Gasteiger partial charge in [0.1, 0.15) is 10.9 Å². The smallest absolute Gasteiger partial charge is 0.341 e. The zero-order valence-corrected chi connectivity index (χ0v) is 22.3. The van der Waals surface area contributed by atoms with Crippen LogP contribution in [0.3, 0.4) is 0 Å². The molecule has 3 atom stereocenters. The number of carbonyl (C=O) groups excluding carboxylic acids is 3. The Morgan fingerprint density at radius 3 is 2.31 bits per heavy atom. The lowest BCUT2D eigenvalue weighted by Gasteiger charge is -2.29. The summed E-state index contributed by atoms with van der Waals surface area (Å²) in [6, 6.07) is 11.0. The maximum Gasteiger partial charge on any atom is 0.341 e. The van der Waals surface area contributed by atoms with Gasteiger partial charge in [0, 0.05) is 19.9 Å². The minimum atomic E-state index is -1.13. The van der Waals surface area contributed by atoms with Crippen LogP contribution in [0.25, 0.3) is 0 Å². The molecule has 2 amide bonds. The third kappa shape index (κ3) is 3.88. The van der Waals surface area contributed by atoms with Crippen LogP contribution >= 0.6 is 46.1 Å². The maximum absolute atomic E-state index is 13.9. The minimum absolute atomic E-state index is 0.192. The van der Waals surface area contributed by atoms with Crippen LogP contribution in [0.1, 0.15) is 32.4 Å². The number of imide groups is 1. The number of ether oxygens (including phenoxy) is 1. The van der Waals surface area contributed by atoms with Gasteiger partial charge in [-0.3, -0.25) is 14.4 Å². The van der Waals surface area contributed by atoms with Crippen molar-refractivity contribution in [3.63, 3.8) is 0 Å². The second kappa shape index (κ2) is 9.36. The number of anilines is 2. The number of rotatable bonds is 4. The number of esters is 1. The summed E-state index contributed by atoms with van der Waals surface area (Å²) in [5.41, 5.74) is 2.01. The Bertz CT molecular complexity index is 1410. The van der Waals surface area contributed by atoms with Gasteiger partial charge < -0.3 is 4.74 Å². The monoisotopic (exact) mass is 564 g/mol. The number of aryl methyl sites for hydroxylation is 1. The van der Waals surface area contributed by atoms with E-state index in [4.69, 9.17) is 44.4 Å². The lowest BCUT2D eigenvalue weighted by molar-refractivity contribution is -0.126. The number of hydrogen-bond acceptors (Lipinski definition) is 7. The predicted octanol–water partition coefficient (Wildman–Crippen LogP) is 6.16. The van der Waals surface area contributed by atoms with Gasteiger partial charge in [0.25, 0.3) is 5.91 Å². The van der Waals surface area contributed by atoms with Crippen LogP contribution in [0.15, 0.2) is 42.5 Å². The van der Waals surface area contributed by atoms with Gasteiger partial charge in [-0.25, -0.2) is 14.8 Å². The summed E-state index contributed by atoms with van der Waals surface area (Å²) < 4.78 is 4.94. The van der Waals surface area contributed by atoms with E-state index < -0.39 is 35.8 Å². The summed E-state index contributed by atoms with van der Waals surface area (Å²) in [5.74, 6) is -2.61. The van der Waals surface area contributed by atoms with Crippen LogP contribution < -0.4 is 9.96 Å². The average Bonchev–Trinajstić information content (AvgIpc) is 3.44. The quantitative estimate of drug-likeness (QED) is 0.278. The zero-order valence-electron chi connectivity index (χ0n) is 19.3. The highest BCUT2D eigenvalue weighted by Crippen LogP contribution is 2.51. The number of hydrogen-bond donors (Lipinski definition) is 0. The first-order valence-electron chi connectivity index (χ1n) is 10.9. The molecule has 2 aromatic carbocycles. The van der Waals surface area contributed by atoms with E-state index >= 15 is 0 Å². The van der Waals surface area contributed by atoms with Gasteiger partial charge in [-0.15, -0.1) is 11.3 Å². The highest BCUT2D eigenvalue weighted by molar-refractivity contribution is 7.17. The lowest BCUT2D eigenvalue weighted by Crippen LogP contribution is -2.37. The van der Waals surface area contributed by atoms with Gasteiger partial charge in [0.2, 0.25) is 5.91 Å². The standard InChI is InChI=1S/C25H19Cl3N2O5S/c1-11-12(2)36-24(18(11)25(33)34-3)29-22(31)19-20(16-9-6-14(27)10-17(16)28)30(35-21(19)23(29)32)15-7-4-13(26)5-8-15/h4-10,19-21H,1-3H3/t19-,20-,21+/m0/s1. The molecule has 2 aliphatic heterocycles. The zero-order chi connectivity index (χ0) is 25.9. The maximum atomic E-state index is 13.9. The summed E-state index contributed by atoms with van der Waals surface area (Å²) in [4.78, 5) is 48.1. The molecule has 7 nitrogen and oxygen atoms in total. The molecule has 1 aromatic heterocycles. The fourth-order valence-electron chi connectivity index (χ4n) is 4.59. The molecule has 11 heteroatoms. The van der Waals surface area contributed by atoms with E-state index in [9.17, 15) is 14.4 Å². The normalized spacial score (nSPS) is 21.3. The summed E-state index contributed by atoms with van der Waals surface area (Å²) in [6.07, 6.45) is -1.13. The number of benzene rings is 2. The van der Waals surface area contributed by atoms with E-state index in [1.807, 2.05) is 6.92 Å². The van der Waals surface area contributed by atoms with Gasteiger partial charge in [0.15, 0.2) is 6.10 Å². The SMILES string of the molecule is COC(=O)c1c(N2C(=O)[C@@H]3[C@@H](ON(c4ccc(Cl)cc4)[C@H]3c3ccc(Cl)cc3Cl)C2=O)sc(C)c1C. The molecule has 0 unspecified atom stereocenters.